The molecule has 1 amide bonds. The summed E-state index contributed by atoms with van der Waals surface area (Å²) in [7, 11) is 0. The molecule has 1 heterocycles. The second-order valence-corrected chi connectivity index (χ2v) is 5.08. The monoisotopic (exact) mass is 320 g/mol. The highest BCUT2D eigenvalue weighted by Gasteiger charge is 2.06. The third-order valence-corrected chi connectivity index (χ3v) is 3.24. The van der Waals surface area contributed by atoms with Gasteiger partial charge in [-0.3, -0.25) is 9.78 Å². The molecule has 0 unspecified atom stereocenters. The lowest BCUT2D eigenvalue weighted by Gasteiger charge is -2.09. The molecule has 0 radical (unpaired) electrons. The maximum absolute atomic E-state index is 11.8. The van der Waals surface area contributed by atoms with E-state index in [9.17, 15) is 9.90 Å². The van der Waals surface area contributed by atoms with Gasteiger partial charge in [-0.25, -0.2) is 0 Å². The first-order chi connectivity index (χ1) is 10.7. The quantitative estimate of drug-likeness (QED) is 0.769. The van der Waals surface area contributed by atoms with Crippen molar-refractivity contribution < 1.29 is 14.6 Å². The molecular formula is C16H17ClN2O3. The number of pyridine rings is 1. The van der Waals surface area contributed by atoms with E-state index in [0.29, 0.717) is 35.7 Å². The first kappa shape index (κ1) is 16.3. The number of anilines is 1. The molecule has 2 rings (SSSR count). The number of carbonyl (C=O) groups excluding carboxylic acids is 1. The number of nitrogens with zero attached hydrogens (tertiary/aromatic N) is 1. The highest BCUT2D eigenvalue weighted by Crippen LogP contribution is 2.16. The van der Waals surface area contributed by atoms with Crippen molar-refractivity contribution in [2.24, 2.45) is 0 Å². The van der Waals surface area contributed by atoms with Crippen LogP contribution in [0.4, 0.5) is 5.69 Å². The Bertz CT molecular complexity index is 617. The SMILES string of the molecule is O=C(CCCOc1ccc(Cl)cc1)Nc1cnccc1CO. The predicted molar refractivity (Wildman–Crippen MR) is 85.0 cm³/mol. The zero-order valence-corrected chi connectivity index (χ0v) is 12.7. The second kappa shape index (κ2) is 8.36. The molecular weight excluding hydrogens is 304 g/mol. The number of aliphatic hydroxyl groups is 1. The maximum Gasteiger partial charge on any atom is 0.224 e. The minimum Gasteiger partial charge on any atom is -0.494 e. The molecule has 0 saturated carbocycles. The van der Waals surface area contributed by atoms with E-state index in [1.165, 1.54) is 6.20 Å². The van der Waals surface area contributed by atoms with Gasteiger partial charge in [-0.1, -0.05) is 11.6 Å². The number of aliphatic hydroxyl groups excluding tert-OH is 1. The summed E-state index contributed by atoms with van der Waals surface area (Å²) in [5.74, 6) is 0.585. The van der Waals surface area contributed by atoms with Crippen LogP contribution in [0, 0.1) is 0 Å². The average molecular weight is 321 g/mol. The fraction of sp³-hybridized carbons (Fsp3) is 0.250. The van der Waals surface area contributed by atoms with Crippen molar-refractivity contribution >= 4 is 23.2 Å². The van der Waals surface area contributed by atoms with Crippen molar-refractivity contribution in [3.63, 3.8) is 0 Å². The summed E-state index contributed by atoms with van der Waals surface area (Å²) in [5, 5.41) is 12.6. The van der Waals surface area contributed by atoms with E-state index in [1.807, 2.05) is 0 Å². The molecule has 2 N–H and O–H groups in total. The third kappa shape index (κ3) is 5.02. The maximum atomic E-state index is 11.8. The van der Waals surface area contributed by atoms with Gasteiger partial charge in [0.1, 0.15) is 5.75 Å². The molecule has 116 valence electrons. The number of rotatable bonds is 7. The zero-order chi connectivity index (χ0) is 15.8. The molecule has 2 aromatic rings. The lowest BCUT2D eigenvalue weighted by molar-refractivity contribution is -0.116. The smallest absolute Gasteiger partial charge is 0.224 e. The van der Waals surface area contributed by atoms with Crippen LogP contribution in [0.25, 0.3) is 0 Å². The Balaban J connectivity index is 1.72. The van der Waals surface area contributed by atoms with Crippen molar-refractivity contribution in [1.29, 1.82) is 0 Å². The zero-order valence-electron chi connectivity index (χ0n) is 12.0. The van der Waals surface area contributed by atoms with E-state index >= 15 is 0 Å². The van der Waals surface area contributed by atoms with Crippen LogP contribution in [0.2, 0.25) is 5.02 Å². The van der Waals surface area contributed by atoms with Crippen molar-refractivity contribution in [3.8, 4) is 5.75 Å². The van der Waals surface area contributed by atoms with Gasteiger partial charge in [-0.15, -0.1) is 0 Å². The molecule has 6 heteroatoms. The van der Waals surface area contributed by atoms with Crippen LogP contribution in [-0.2, 0) is 11.4 Å². The Morgan fingerprint density at radius 1 is 1.27 bits per heavy atom. The van der Waals surface area contributed by atoms with Gasteiger partial charge in [-0.2, -0.15) is 0 Å². The molecule has 0 atom stereocenters. The van der Waals surface area contributed by atoms with Crippen LogP contribution in [-0.4, -0.2) is 22.6 Å². The largest absolute Gasteiger partial charge is 0.494 e. The minimum atomic E-state index is -0.141. The van der Waals surface area contributed by atoms with E-state index in [1.54, 1.807) is 36.5 Å². The Morgan fingerprint density at radius 3 is 2.77 bits per heavy atom. The molecule has 0 aliphatic rings. The summed E-state index contributed by atoms with van der Waals surface area (Å²) < 4.78 is 5.52. The molecule has 1 aromatic carbocycles. The van der Waals surface area contributed by atoms with Crippen LogP contribution in [0.1, 0.15) is 18.4 Å². The Morgan fingerprint density at radius 2 is 2.05 bits per heavy atom. The summed E-state index contributed by atoms with van der Waals surface area (Å²) >= 11 is 5.78. The van der Waals surface area contributed by atoms with E-state index in [0.717, 1.165) is 5.75 Å². The molecule has 0 fully saturated rings. The number of hydrogen-bond acceptors (Lipinski definition) is 4. The molecule has 22 heavy (non-hydrogen) atoms. The average Bonchev–Trinajstić information content (AvgIpc) is 2.54. The third-order valence-electron chi connectivity index (χ3n) is 2.99. The summed E-state index contributed by atoms with van der Waals surface area (Å²) in [4.78, 5) is 15.8. The highest BCUT2D eigenvalue weighted by molar-refractivity contribution is 6.30. The molecule has 0 aliphatic heterocycles. The van der Waals surface area contributed by atoms with Gasteiger partial charge in [0.05, 0.1) is 25.1 Å². The Labute approximate surface area is 133 Å². The number of hydrogen-bond donors (Lipinski definition) is 2. The number of carbonyl (C=O) groups is 1. The normalized spacial score (nSPS) is 10.3. The van der Waals surface area contributed by atoms with Crippen LogP contribution >= 0.6 is 11.6 Å². The summed E-state index contributed by atoms with van der Waals surface area (Å²) in [6.07, 6.45) is 4.01. The number of amides is 1. The summed E-state index contributed by atoms with van der Waals surface area (Å²) in [6.45, 7) is 0.298. The molecule has 0 aliphatic carbocycles. The van der Waals surface area contributed by atoms with Gasteiger partial charge >= 0.3 is 0 Å². The van der Waals surface area contributed by atoms with E-state index < -0.39 is 0 Å². The first-order valence-corrected chi connectivity index (χ1v) is 7.29. The second-order valence-electron chi connectivity index (χ2n) is 4.65. The Hall–Kier alpha value is -2.11. The summed E-state index contributed by atoms with van der Waals surface area (Å²) in [5.41, 5.74) is 1.18. The van der Waals surface area contributed by atoms with Crippen molar-refractivity contribution in [2.75, 3.05) is 11.9 Å². The van der Waals surface area contributed by atoms with Crippen molar-refractivity contribution in [3.05, 3.63) is 53.3 Å². The van der Waals surface area contributed by atoms with Crippen LogP contribution in [0.15, 0.2) is 42.7 Å². The fourth-order valence-corrected chi connectivity index (χ4v) is 1.97. The van der Waals surface area contributed by atoms with Gasteiger partial charge in [0.15, 0.2) is 0 Å². The van der Waals surface area contributed by atoms with Crippen LogP contribution in [0.3, 0.4) is 0 Å². The van der Waals surface area contributed by atoms with Gasteiger partial charge in [-0.05, 0) is 36.8 Å². The number of ether oxygens (including phenoxy) is 1. The highest BCUT2D eigenvalue weighted by atomic mass is 35.5. The van der Waals surface area contributed by atoms with Gasteiger partial charge in [0, 0.05) is 23.2 Å². The van der Waals surface area contributed by atoms with Crippen molar-refractivity contribution in [2.45, 2.75) is 19.4 Å². The minimum absolute atomic E-state index is 0.137. The van der Waals surface area contributed by atoms with E-state index in [-0.39, 0.29) is 12.5 Å². The number of benzene rings is 1. The number of aromatic nitrogens is 1. The van der Waals surface area contributed by atoms with Gasteiger partial charge < -0.3 is 15.2 Å². The molecule has 5 nitrogen and oxygen atoms in total. The topological polar surface area (TPSA) is 71.5 Å². The standard InChI is InChI=1S/C16H17ClN2O3/c17-13-3-5-14(6-4-13)22-9-1-2-16(21)19-15-10-18-8-7-12(15)11-20/h3-8,10,20H,1-2,9,11H2,(H,19,21). The van der Waals surface area contributed by atoms with Gasteiger partial charge in [0.25, 0.3) is 0 Å². The lowest BCUT2D eigenvalue weighted by Crippen LogP contribution is -2.14. The van der Waals surface area contributed by atoms with E-state index in [4.69, 9.17) is 16.3 Å². The van der Waals surface area contributed by atoms with Crippen LogP contribution < -0.4 is 10.1 Å². The summed E-state index contributed by atoms with van der Waals surface area (Å²) in [6, 6.07) is 8.74. The fourth-order valence-electron chi connectivity index (χ4n) is 1.84. The first-order valence-electron chi connectivity index (χ1n) is 6.91. The predicted octanol–water partition coefficient (Wildman–Crippen LogP) is 3.03. The molecule has 0 bridgehead atoms. The Kier molecular flexibility index (Phi) is 6.18. The number of halogens is 1. The van der Waals surface area contributed by atoms with Gasteiger partial charge in [0.2, 0.25) is 5.91 Å². The van der Waals surface area contributed by atoms with E-state index in [2.05, 4.69) is 10.3 Å². The molecule has 0 saturated heterocycles. The number of nitrogens with one attached hydrogen (secondary N) is 1. The van der Waals surface area contributed by atoms with Crippen LogP contribution in [0.5, 0.6) is 5.75 Å². The lowest BCUT2D eigenvalue weighted by atomic mass is 10.2. The molecule has 1 aromatic heterocycles. The molecule has 0 spiro atoms. The van der Waals surface area contributed by atoms with Crippen molar-refractivity contribution in [1.82, 2.24) is 4.98 Å².